The van der Waals surface area contributed by atoms with E-state index >= 15 is 0 Å². The van der Waals surface area contributed by atoms with Crippen LogP contribution in [0.15, 0.2) is 36.4 Å². The van der Waals surface area contributed by atoms with Gasteiger partial charge in [0.1, 0.15) is 16.8 Å². The maximum atomic E-state index is 9.99. The van der Waals surface area contributed by atoms with Crippen LogP contribution in [0.25, 0.3) is 21.9 Å². The van der Waals surface area contributed by atoms with Crippen molar-refractivity contribution in [2.45, 2.75) is 0 Å². The second-order valence-corrected chi connectivity index (χ2v) is 6.36. The first-order valence-corrected chi connectivity index (χ1v) is 7.81. The second kappa shape index (κ2) is 5.98. The molecule has 0 spiro atoms. The van der Waals surface area contributed by atoms with E-state index in [-0.39, 0.29) is 10.8 Å². The first-order valence-electron chi connectivity index (χ1n) is 6.24. The summed E-state index contributed by atoms with van der Waals surface area (Å²) in [5.41, 5.74) is 1.56. The van der Waals surface area contributed by atoms with Crippen molar-refractivity contribution >= 4 is 56.4 Å². The van der Waals surface area contributed by atoms with Crippen LogP contribution in [0.2, 0.25) is 10.0 Å². The highest BCUT2D eigenvalue weighted by molar-refractivity contribution is 7.19. The summed E-state index contributed by atoms with van der Waals surface area (Å²) >= 11 is 13.2. The fraction of sp³-hybridized carbons (Fsp3) is 0. The van der Waals surface area contributed by atoms with Gasteiger partial charge in [-0.15, -0.1) is 11.3 Å². The topological polar surface area (TPSA) is 56.9 Å². The van der Waals surface area contributed by atoms with Crippen molar-refractivity contribution < 1.29 is 5.11 Å². The van der Waals surface area contributed by atoms with E-state index in [2.05, 4.69) is 11.1 Å². The van der Waals surface area contributed by atoms with Crippen LogP contribution in [0, 0.1) is 11.3 Å². The summed E-state index contributed by atoms with van der Waals surface area (Å²) in [7, 11) is 0. The van der Waals surface area contributed by atoms with Crippen LogP contribution in [-0.4, -0.2) is 10.1 Å². The molecule has 1 aromatic heterocycles. The molecule has 0 amide bonds. The van der Waals surface area contributed by atoms with Crippen molar-refractivity contribution in [3.8, 4) is 11.8 Å². The molecule has 3 aromatic rings. The number of hydrogen-bond donors (Lipinski definition) is 1. The molecule has 2 aromatic carbocycles. The van der Waals surface area contributed by atoms with Gasteiger partial charge >= 0.3 is 0 Å². The Bertz CT molecular complexity index is 908. The van der Waals surface area contributed by atoms with Crippen LogP contribution in [0.5, 0.6) is 5.75 Å². The molecule has 22 heavy (non-hydrogen) atoms. The SMILES string of the molecule is N#C/C(=C/c1cc(Cl)cc(Cl)c1O)c1nc2ccccc2s1. The highest BCUT2D eigenvalue weighted by Gasteiger charge is 2.11. The Balaban J connectivity index is 2.13. The van der Waals surface area contributed by atoms with Gasteiger partial charge in [0.05, 0.1) is 20.8 Å². The Morgan fingerprint density at radius 2 is 2.05 bits per heavy atom. The van der Waals surface area contributed by atoms with Crippen LogP contribution in [0.3, 0.4) is 0 Å². The van der Waals surface area contributed by atoms with Crippen molar-refractivity contribution in [3.63, 3.8) is 0 Å². The van der Waals surface area contributed by atoms with Crippen molar-refractivity contribution in [1.29, 1.82) is 5.26 Å². The van der Waals surface area contributed by atoms with Crippen molar-refractivity contribution in [2.24, 2.45) is 0 Å². The van der Waals surface area contributed by atoms with E-state index in [1.165, 1.54) is 23.5 Å². The number of nitrogens with zero attached hydrogens (tertiary/aromatic N) is 2. The van der Waals surface area contributed by atoms with Gasteiger partial charge < -0.3 is 5.11 Å². The fourth-order valence-corrected chi connectivity index (χ4v) is 3.42. The summed E-state index contributed by atoms with van der Waals surface area (Å²) < 4.78 is 0.993. The molecular weight excluding hydrogens is 339 g/mol. The molecule has 0 saturated heterocycles. The summed E-state index contributed by atoms with van der Waals surface area (Å²) in [5.74, 6) is -0.111. The predicted octanol–water partition coefficient (Wildman–Crippen LogP) is 5.37. The Morgan fingerprint density at radius 3 is 2.77 bits per heavy atom. The normalized spacial score (nSPS) is 11.6. The molecule has 0 aliphatic heterocycles. The van der Waals surface area contributed by atoms with E-state index < -0.39 is 0 Å². The summed E-state index contributed by atoms with van der Waals surface area (Å²) in [6.45, 7) is 0. The number of hydrogen-bond acceptors (Lipinski definition) is 4. The molecule has 3 nitrogen and oxygen atoms in total. The third-order valence-corrected chi connectivity index (χ3v) is 4.58. The molecule has 6 heteroatoms. The first kappa shape index (κ1) is 14.9. The molecule has 1 heterocycles. The number of fused-ring (bicyclic) bond motifs is 1. The number of aromatic nitrogens is 1. The standard InChI is InChI=1S/C16H8Cl2N2OS/c17-11-6-9(15(21)12(18)7-11)5-10(8-19)16-20-13-3-1-2-4-14(13)22-16/h1-7,21H/b10-5-. The zero-order chi connectivity index (χ0) is 15.7. The molecular formula is C16H8Cl2N2OS. The molecule has 0 bridgehead atoms. The Labute approximate surface area is 140 Å². The molecule has 0 aliphatic carbocycles. The monoisotopic (exact) mass is 346 g/mol. The van der Waals surface area contributed by atoms with Crippen LogP contribution < -0.4 is 0 Å². The van der Waals surface area contributed by atoms with Gasteiger partial charge in [0, 0.05) is 10.6 Å². The molecule has 0 radical (unpaired) electrons. The zero-order valence-corrected chi connectivity index (χ0v) is 13.4. The molecule has 1 N–H and O–H groups in total. The van der Waals surface area contributed by atoms with Crippen LogP contribution in [-0.2, 0) is 0 Å². The number of thiazole rings is 1. The lowest BCUT2D eigenvalue weighted by atomic mass is 10.1. The van der Waals surface area contributed by atoms with E-state index in [9.17, 15) is 10.4 Å². The number of allylic oxidation sites excluding steroid dienone is 1. The number of phenols is 1. The van der Waals surface area contributed by atoms with E-state index in [0.29, 0.717) is 21.2 Å². The zero-order valence-electron chi connectivity index (χ0n) is 11.0. The van der Waals surface area contributed by atoms with E-state index in [0.717, 1.165) is 10.2 Å². The van der Waals surface area contributed by atoms with Gasteiger partial charge in [-0.25, -0.2) is 4.98 Å². The third-order valence-electron chi connectivity index (χ3n) is 3.00. The van der Waals surface area contributed by atoms with Gasteiger partial charge in [0.25, 0.3) is 0 Å². The first-order chi connectivity index (χ1) is 10.6. The Kier molecular flexibility index (Phi) is 4.04. The molecule has 0 unspecified atom stereocenters. The maximum absolute atomic E-state index is 9.99. The average Bonchev–Trinajstić information content (AvgIpc) is 2.93. The van der Waals surface area contributed by atoms with E-state index in [1.54, 1.807) is 6.07 Å². The fourth-order valence-electron chi connectivity index (χ4n) is 1.98. The van der Waals surface area contributed by atoms with E-state index in [1.807, 2.05) is 24.3 Å². The molecule has 0 saturated carbocycles. The lowest BCUT2D eigenvalue weighted by Crippen LogP contribution is -1.83. The highest BCUT2D eigenvalue weighted by atomic mass is 35.5. The number of para-hydroxylation sites is 1. The number of benzene rings is 2. The highest BCUT2D eigenvalue weighted by Crippen LogP contribution is 2.34. The summed E-state index contributed by atoms with van der Waals surface area (Å²) in [4.78, 5) is 4.43. The van der Waals surface area contributed by atoms with Gasteiger partial charge in [-0.05, 0) is 30.3 Å². The van der Waals surface area contributed by atoms with Crippen LogP contribution in [0.1, 0.15) is 10.6 Å². The van der Waals surface area contributed by atoms with Gasteiger partial charge in [0.15, 0.2) is 0 Å². The lowest BCUT2D eigenvalue weighted by molar-refractivity contribution is 0.474. The Morgan fingerprint density at radius 1 is 1.27 bits per heavy atom. The predicted molar refractivity (Wildman–Crippen MR) is 91.2 cm³/mol. The van der Waals surface area contributed by atoms with E-state index in [4.69, 9.17) is 23.2 Å². The smallest absolute Gasteiger partial charge is 0.141 e. The molecule has 0 fully saturated rings. The Hall–Kier alpha value is -2.06. The number of aromatic hydroxyl groups is 1. The van der Waals surface area contributed by atoms with Crippen LogP contribution in [0.4, 0.5) is 0 Å². The minimum absolute atomic E-state index is 0.111. The molecule has 0 atom stereocenters. The number of halogens is 2. The summed E-state index contributed by atoms with van der Waals surface area (Å²) in [6.07, 6.45) is 1.53. The van der Waals surface area contributed by atoms with Gasteiger partial charge in [-0.1, -0.05) is 35.3 Å². The van der Waals surface area contributed by atoms with Gasteiger partial charge in [0.2, 0.25) is 0 Å². The maximum Gasteiger partial charge on any atom is 0.141 e. The minimum atomic E-state index is -0.111. The number of rotatable bonds is 2. The average molecular weight is 347 g/mol. The van der Waals surface area contributed by atoms with Crippen molar-refractivity contribution in [3.05, 3.63) is 57.0 Å². The largest absolute Gasteiger partial charge is 0.506 e. The third kappa shape index (κ3) is 2.79. The summed E-state index contributed by atoms with van der Waals surface area (Å²) in [5, 5.41) is 20.5. The molecule has 108 valence electrons. The quantitative estimate of drug-likeness (QED) is 0.634. The second-order valence-electron chi connectivity index (χ2n) is 4.48. The lowest BCUT2D eigenvalue weighted by Gasteiger charge is -2.03. The van der Waals surface area contributed by atoms with Crippen molar-refractivity contribution in [1.82, 2.24) is 4.98 Å². The molecule has 0 aliphatic rings. The van der Waals surface area contributed by atoms with Gasteiger partial charge in [-0.2, -0.15) is 5.26 Å². The number of phenolic OH excluding ortho intramolecular Hbond substituents is 1. The molecule has 3 rings (SSSR count). The van der Waals surface area contributed by atoms with Crippen molar-refractivity contribution in [2.75, 3.05) is 0 Å². The van der Waals surface area contributed by atoms with Gasteiger partial charge in [-0.3, -0.25) is 0 Å². The minimum Gasteiger partial charge on any atom is -0.506 e. The number of nitriles is 1. The van der Waals surface area contributed by atoms with Crippen LogP contribution >= 0.6 is 34.5 Å². The summed E-state index contributed by atoms with van der Waals surface area (Å²) in [6, 6.07) is 12.7.